The molecule has 1 amide bonds. The van der Waals surface area contributed by atoms with Gasteiger partial charge in [0, 0.05) is 16.1 Å². The van der Waals surface area contributed by atoms with Gasteiger partial charge in [0.2, 0.25) is 5.75 Å². The van der Waals surface area contributed by atoms with Crippen molar-refractivity contribution in [3.8, 4) is 28.5 Å². The highest BCUT2D eigenvalue weighted by molar-refractivity contribution is 6.30. The van der Waals surface area contributed by atoms with Gasteiger partial charge in [-0.15, -0.1) is 0 Å². The van der Waals surface area contributed by atoms with Crippen LogP contribution in [-0.2, 0) is 0 Å². The van der Waals surface area contributed by atoms with Crippen LogP contribution in [0.4, 0.5) is 0 Å². The van der Waals surface area contributed by atoms with Crippen LogP contribution in [0.3, 0.4) is 0 Å². The zero-order valence-corrected chi connectivity index (χ0v) is 16.8. The van der Waals surface area contributed by atoms with E-state index in [0.29, 0.717) is 33.5 Å². The van der Waals surface area contributed by atoms with Crippen molar-refractivity contribution in [2.45, 2.75) is 0 Å². The maximum Gasteiger partial charge on any atom is 0.289 e. The van der Waals surface area contributed by atoms with Gasteiger partial charge in [0.25, 0.3) is 5.91 Å². The predicted octanol–water partition coefficient (Wildman–Crippen LogP) is 3.52. The molecule has 0 saturated carbocycles. The maximum absolute atomic E-state index is 12.3. The number of aromatic amines is 1. The van der Waals surface area contributed by atoms with Crippen LogP contribution in [0.25, 0.3) is 11.3 Å². The molecule has 0 unspecified atom stereocenters. The molecule has 2 aromatic carbocycles. The number of aromatic nitrogens is 2. The molecule has 1 heterocycles. The van der Waals surface area contributed by atoms with E-state index in [1.165, 1.54) is 27.5 Å². The molecule has 3 rings (SSSR count). The second-order valence-corrected chi connectivity index (χ2v) is 6.27. The number of nitrogens with one attached hydrogen (secondary N) is 2. The number of hydrogen-bond donors (Lipinski definition) is 2. The molecular formula is C20H19ClN4O4. The Morgan fingerprint density at radius 2 is 1.72 bits per heavy atom. The van der Waals surface area contributed by atoms with E-state index in [1.807, 2.05) is 12.1 Å². The van der Waals surface area contributed by atoms with Crippen LogP contribution in [0.2, 0.25) is 5.02 Å². The van der Waals surface area contributed by atoms with Gasteiger partial charge in [0.15, 0.2) is 11.5 Å². The number of benzene rings is 2. The molecule has 0 spiro atoms. The van der Waals surface area contributed by atoms with Gasteiger partial charge in [0.1, 0.15) is 5.69 Å². The molecule has 3 aromatic rings. The number of nitrogens with zero attached hydrogens (tertiary/aromatic N) is 2. The van der Waals surface area contributed by atoms with Gasteiger partial charge in [-0.2, -0.15) is 10.2 Å². The highest BCUT2D eigenvalue weighted by atomic mass is 35.5. The van der Waals surface area contributed by atoms with Crippen molar-refractivity contribution < 1.29 is 19.0 Å². The highest BCUT2D eigenvalue weighted by Crippen LogP contribution is 2.37. The Morgan fingerprint density at radius 1 is 1.07 bits per heavy atom. The summed E-state index contributed by atoms with van der Waals surface area (Å²) < 4.78 is 15.9. The fourth-order valence-corrected chi connectivity index (χ4v) is 2.73. The molecule has 0 saturated heterocycles. The summed E-state index contributed by atoms with van der Waals surface area (Å²) in [6.45, 7) is 0. The van der Waals surface area contributed by atoms with E-state index in [-0.39, 0.29) is 5.69 Å². The molecule has 0 fully saturated rings. The van der Waals surface area contributed by atoms with E-state index >= 15 is 0 Å². The third kappa shape index (κ3) is 4.67. The van der Waals surface area contributed by atoms with Gasteiger partial charge in [0.05, 0.1) is 33.2 Å². The minimum atomic E-state index is -0.429. The minimum absolute atomic E-state index is 0.275. The largest absolute Gasteiger partial charge is 0.493 e. The van der Waals surface area contributed by atoms with Crippen LogP contribution in [0.5, 0.6) is 17.2 Å². The molecule has 29 heavy (non-hydrogen) atoms. The molecule has 0 aliphatic rings. The third-order valence-corrected chi connectivity index (χ3v) is 4.28. The Morgan fingerprint density at radius 3 is 2.31 bits per heavy atom. The summed E-state index contributed by atoms with van der Waals surface area (Å²) in [6.07, 6.45) is 1.47. The average Bonchev–Trinajstić information content (AvgIpc) is 3.23. The van der Waals surface area contributed by atoms with Crippen molar-refractivity contribution in [1.82, 2.24) is 15.6 Å². The first kappa shape index (κ1) is 20.2. The highest BCUT2D eigenvalue weighted by Gasteiger charge is 2.13. The maximum atomic E-state index is 12.3. The lowest BCUT2D eigenvalue weighted by Gasteiger charge is -2.12. The molecule has 0 aliphatic carbocycles. The van der Waals surface area contributed by atoms with Gasteiger partial charge in [-0.3, -0.25) is 9.89 Å². The number of hydrazone groups is 1. The molecule has 0 radical (unpaired) electrons. The Kier molecular flexibility index (Phi) is 6.36. The van der Waals surface area contributed by atoms with Crippen molar-refractivity contribution in [2.75, 3.05) is 21.3 Å². The number of amides is 1. The lowest BCUT2D eigenvalue weighted by Crippen LogP contribution is -2.18. The van der Waals surface area contributed by atoms with Gasteiger partial charge in [-0.1, -0.05) is 23.7 Å². The molecule has 0 aliphatic heterocycles. The van der Waals surface area contributed by atoms with E-state index in [9.17, 15) is 4.79 Å². The molecule has 9 heteroatoms. The Bertz CT molecular complexity index is 1010. The Balaban J connectivity index is 1.71. The topological polar surface area (TPSA) is 97.8 Å². The van der Waals surface area contributed by atoms with E-state index in [2.05, 4.69) is 20.7 Å². The second-order valence-electron chi connectivity index (χ2n) is 5.83. The summed E-state index contributed by atoms with van der Waals surface area (Å²) in [7, 11) is 4.57. The minimum Gasteiger partial charge on any atom is -0.493 e. The van der Waals surface area contributed by atoms with Crippen molar-refractivity contribution >= 4 is 23.7 Å². The van der Waals surface area contributed by atoms with Crippen molar-refractivity contribution in [3.05, 3.63) is 58.7 Å². The zero-order valence-electron chi connectivity index (χ0n) is 16.0. The van der Waals surface area contributed by atoms with E-state index < -0.39 is 5.91 Å². The molecule has 1 aromatic heterocycles. The summed E-state index contributed by atoms with van der Waals surface area (Å²) in [6, 6.07) is 12.2. The lowest BCUT2D eigenvalue weighted by atomic mass is 10.1. The Labute approximate surface area is 172 Å². The van der Waals surface area contributed by atoms with Gasteiger partial charge >= 0.3 is 0 Å². The number of halogens is 1. The van der Waals surface area contributed by atoms with E-state index in [1.54, 1.807) is 30.3 Å². The van der Waals surface area contributed by atoms with Crippen LogP contribution in [0, 0.1) is 0 Å². The summed E-state index contributed by atoms with van der Waals surface area (Å²) in [5.41, 5.74) is 4.85. The number of methoxy groups -OCH3 is 3. The molecule has 0 bridgehead atoms. The first-order valence-electron chi connectivity index (χ1n) is 8.50. The normalized spacial score (nSPS) is 10.8. The summed E-state index contributed by atoms with van der Waals surface area (Å²) >= 11 is 5.89. The quantitative estimate of drug-likeness (QED) is 0.455. The first-order chi connectivity index (χ1) is 14.0. The number of hydrogen-bond acceptors (Lipinski definition) is 6. The number of carbonyl (C=O) groups excluding carboxylic acids is 1. The summed E-state index contributed by atoms with van der Waals surface area (Å²) in [5, 5.41) is 11.4. The standard InChI is InChI=1S/C20H19ClN4O4/c1-27-17-8-12(9-18(28-2)19(17)29-3)11-22-25-20(26)16-10-15(23-24-16)13-4-6-14(21)7-5-13/h4-11H,1-3H3,(H,23,24)(H,25,26)/b22-11+. The monoisotopic (exact) mass is 414 g/mol. The SMILES string of the molecule is COc1cc(/C=N/NC(=O)c2cc(-c3ccc(Cl)cc3)n[nH]2)cc(OC)c1OC. The number of ether oxygens (including phenoxy) is 3. The molecule has 150 valence electrons. The third-order valence-electron chi connectivity index (χ3n) is 4.03. The van der Waals surface area contributed by atoms with Gasteiger partial charge in [-0.05, 0) is 30.3 Å². The number of carbonyl (C=O) groups is 1. The second kappa shape index (κ2) is 9.11. The van der Waals surface area contributed by atoms with E-state index in [4.69, 9.17) is 25.8 Å². The van der Waals surface area contributed by atoms with Crippen LogP contribution >= 0.6 is 11.6 Å². The van der Waals surface area contributed by atoms with Crippen molar-refractivity contribution in [1.29, 1.82) is 0 Å². The zero-order chi connectivity index (χ0) is 20.8. The molecule has 0 atom stereocenters. The molecular weight excluding hydrogens is 396 g/mol. The number of rotatable bonds is 7. The van der Waals surface area contributed by atoms with Gasteiger partial charge < -0.3 is 14.2 Å². The summed E-state index contributed by atoms with van der Waals surface area (Å²) in [4.78, 5) is 12.3. The van der Waals surface area contributed by atoms with E-state index in [0.717, 1.165) is 5.56 Å². The molecule has 8 nitrogen and oxygen atoms in total. The smallest absolute Gasteiger partial charge is 0.289 e. The van der Waals surface area contributed by atoms with Gasteiger partial charge in [-0.25, -0.2) is 5.43 Å². The fourth-order valence-electron chi connectivity index (χ4n) is 2.61. The van der Waals surface area contributed by atoms with Crippen molar-refractivity contribution in [3.63, 3.8) is 0 Å². The fraction of sp³-hybridized carbons (Fsp3) is 0.150. The Hall–Kier alpha value is -3.52. The average molecular weight is 415 g/mol. The summed E-state index contributed by atoms with van der Waals surface area (Å²) in [5.74, 6) is 1.02. The predicted molar refractivity (Wildman–Crippen MR) is 110 cm³/mol. The molecule has 2 N–H and O–H groups in total. The van der Waals surface area contributed by atoms with Crippen LogP contribution in [0.1, 0.15) is 16.1 Å². The number of H-pyrrole nitrogens is 1. The van der Waals surface area contributed by atoms with Crippen LogP contribution in [-0.4, -0.2) is 43.6 Å². The lowest BCUT2D eigenvalue weighted by molar-refractivity contribution is 0.0950. The van der Waals surface area contributed by atoms with Crippen molar-refractivity contribution in [2.24, 2.45) is 5.10 Å². The van der Waals surface area contributed by atoms with Crippen LogP contribution < -0.4 is 19.6 Å². The van der Waals surface area contributed by atoms with Crippen LogP contribution in [0.15, 0.2) is 47.6 Å². The first-order valence-corrected chi connectivity index (χ1v) is 8.88.